The number of halogens is 4. The van der Waals surface area contributed by atoms with Crippen LogP contribution in [0.5, 0.6) is 0 Å². The zero-order valence-corrected chi connectivity index (χ0v) is 14.7. The van der Waals surface area contributed by atoms with Crippen LogP contribution in [0.4, 0.5) is 17.6 Å². The summed E-state index contributed by atoms with van der Waals surface area (Å²) in [6.45, 7) is 1.88. The molecule has 0 saturated carbocycles. The molecule has 1 aromatic carbocycles. The van der Waals surface area contributed by atoms with Crippen molar-refractivity contribution in [1.29, 1.82) is 0 Å². The van der Waals surface area contributed by atoms with Crippen LogP contribution in [0.3, 0.4) is 0 Å². The molecule has 0 spiro atoms. The largest absolute Gasteiger partial charge is 0.434 e. The summed E-state index contributed by atoms with van der Waals surface area (Å²) in [6, 6.07) is 3.51. The van der Waals surface area contributed by atoms with Crippen LogP contribution in [0.15, 0.2) is 29.3 Å². The Bertz CT molecular complexity index is 902. The molecule has 0 bridgehead atoms. The van der Waals surface area contributed by atoms with E-state index >= 15 is 0 Å². The molecule has 0 saturated heterocycles. The van der Waals surface area contributed by atoms with Crippen molar-refractivity contribution in [3.05, 3.63) is 47.3 Å². The van der Waals surface area contributed by atoms with Crippen molar-refractivity contribution in [3.8, 4) is 0 Å². The van der Waals surface area contributed by atoms with Gasteiger partial charge in [-0.3, -0.25) is 0 Å². The monoisotopic (exact) mass is 391 g/mol. The lowest BCUT2D eigenvalue weighted by Crippen LogP contribution is -2.33. The van der Waals surface area contributed by atoms with Crippen molar-refractivity contribution >= 4 is 10.0 Å². The number of imidazole rings is 1. The number of hydrogen-bond donors (Lipinski definition) is 1. The molecule has 26 heavy (non-hydrogen) atoms. The molecule has 3 rings (SSSR count). The topological polar surface area (TPSA) is 64.0 Å². The van der Waals surface area contributed by atoms with Crippen LogP contribution in [0, 0.1) is 18.7 Å². The van der Waals surface area contributed by atoms with Gasteiger partial charge < -0.3 is 4.57 Å². The molecule has 0 fully saturated rings. The average molecular weight is 391 g/mol. The molecule has 1 N–H and O–H groups in total. The number of benzene rings is 1. The molecule has 0 radical (unpaired) electrons. The fourth-order valence-electron chi connectivity index (χ4n) is 2.99. The van der Waals surface area contributed by atoms with E-state index in [2.05, 4.69) is 9.71 Å². The fraction of sp³-hybridized carbons (Fsp3) is 0.438. The molecule has 0 aliphatic carbocycles. The van der Waals surface area contributed by atoms with E-state index in [4.69, 9.17) is 0 Å². The van der Waals surface area contributed by atoms with Gasteiger partial charge in [-0.25, -0.2) is 22.5 Å². The maximum atomic E-state index is 13.4. The Morgan fingerprint density at radius 3 is 2.69 bits per heavy atom. The summed E-state index contributed by atoms with van der Waals surface area (Å²) in [4.78, 5) is 3.42. The number of nitrogens with zero attached hydrogens (tertiary/aromatic N) is 2. The highest BCUT2D eigenvalue weighted by atomic mass is 32.2. The Balaban J connectivity index is 1.68. The van der Waals surface area contributed by atoms with Crippen LogP contribution >= 0.6 is 0 Å². The third-order valence-corrected chi connectivity index (χ3v) is 5.67. The first-order valence-electron chi connectivity index (χ1n) is 7.95. The predicted octanol–water partition coefficient (Wildman–Crippen LogP) is 2.89. The predicted molar refractivity (Wildman–Crippen MR) is 85.4 cm³/mol. The molecule has 2 aromatic rings. The van der Waals surface area contributed by atoms with Gasteiger partial charge in [0.1, 0.15) is 11.6 Å². The second-order valence-corrected chi connectivity index (χ2v) is 8.18. The molecule has 2 heterocycles. The summed E-state index contributed by atoms with van der Waals surface area (Å²) in [5.41, 5.74) is -0.463. The highest BCUT2D eigenvalue weighted by molar-refractivity contribution is 7.89. The van der Waals surface area contributed by atoms with Crippen molar-refractivity contribution in [2.75, 3.05) is 6.54 Å². The van der Waals surface area contributed by atoms with Crippen LogP contribution in [-0.2, 0) is 29.2 Å². The summed E-state index contributed by atoms with van der Waals surface area (Å²) < 4.78 is 80.1. The standard InChI is InChI=1S/C16H17F4N3O2S/c1-10-4-12(17)6-13(5-10)26(24,25)21-7-11-2-3-15-22-14(16(18,19)20)9-23(15)8-11/h4-6,9,11,21H,2-3,7-8H2,1H3/t11-/m0/s1. The maximum Gasteiger partial charge on any atom is 0.434 e. The molecular weight excluding hydrogens is 374 g/mol. The van der Waals surface area contributed by atoms with Gasteiger partial charge in [0.05, 0.1) is 4.90 Å². The van der Waals surface area contributed by atoms with E-state index in [9.17, 15) is 26.0 Å². The van der Waals surface area contributed by atoms with E-state index < -0.39 is 27.7 Å². The van der Waals surface area contributed by atoms with E-state index in [0.29, 0.717) is 24.2 Å². The summed E-state index contributed by atoms with van der Waals surface area (Å²) in [6.07, 6.45) is -2.71. The van der Waals surface area contributed by atoms with Crippen molar-refractivity contribution in [2.45, 2.75) is 37.4 Å². The van der Waals surface area contributed by atoms with Crippen molar-refractivity contribution in [3.63, 3.8) is 0 Å². The number of fused-ring (bicyclic) bond motifs is 1. The second-order valence-electron chi connectivity index (χ2n) is 6.41. The van der Waals surface area contributed by atoms with Gasteiger partial charge in [0.15, 0.2) is 5.69 Å². The molecule has 5 nitrogen and oxygen atoms in total. The van der Waals surface area contributed by atoms with Crippen LogP contribution in [0.25, 0.3) is 0 Å². The minimum Gasteiger partial charge on any atom is -0.334 e. The smallest absolute Gasteiger partial charge is 0.334 e. The highest BCUT2D eigenvalue weighted by Gasteiger charge is 2.35. The lowest BCUT2D eigenvalue weighted by atomic mass is 10.00. The van der Waals surface area contributed by atoms with Gasteiger partial charge in [0.25, 0.3) is 0 Å². The van der Waals surface area contributed by atoms with E-state index in [1.807, 2.05) is 0 Å². The number of hydrogen-bond acceptors (Lipinski definition) is 3. The molecule has 0 amide bonds. The minimum absolute atomic E-state index is 0.0524. The normalized spacial score (nSPS) is 18.0. The van der Waals surface area contributed by atoms with Crippen LogP contribution < -0.4 is 4.72 Å². The summed E-state index contributed by atoms with van der Waals surface area (Å²) >= 11 is 0. The molecule has 1 aromatic heterocycles. The maximum absolute atomic E-state index is 13.4. The Morgan fingerprint density at radius 2 is 2.04 bits per heavy atom. The molecule has 1 aliphatic rings. The number of rotatable bonds is 4. The van der Waals surface area contributed by atoms with Crippen molar-refractivity contribution in [1.82, 2.24) is 14.3 Å². The first kappa shape index (κ1) is 18.8. The van der Waals surface area contributed by atoms with E-state index in [1.54, 1.807) is 6.92 Å². The van der Waals surface area contributed by atoms with Crippen LogP contribution in [0.2, 0.25) is 0 Å². The lowest BCUT2D eigenvalue weighted by Gasteiger charge is -2.23. The van der Waals surface area contributed by atoms with Gasteiger partial charge in [0.2, 0.25) is 10.0 Å². The number of aromatic nitrogens is 2. The summed E-state index contributed by atoms with van der Waals surface area (Å²) in [7, 11) is -3.89. The van der Waals surface area contributed by atoms with Gasteiger partial charge in [-0.1, -0.05) is 0 Å². The minimum atomic E-state index is -4.50. The van der Waals surface area contributed by atoms with Crippen molar-refractivity contribution in [2.24, 2.45) is 5.92 Å². The molecule has 1 atom stereocenters. The molecule has 142 valence electrons. The zero-order valence-electron chi connectivity index (χ0n) is 13.8. The number of aryl methyl sites for hydroxylation is 2. The Kier molecular flexibility index (Phi) is 4.82. The third-order valence-electron chi connectivity index (χ3n) is 4.27. The lowest BCUT2D eigenvalue weighted by molar-refractivity contribution is -0.141. The summed E-state index contributed by atoms with van der Waals surface area (Å²) in [5, 5.41) is 0. The molecule has 0 unspecified atom stereocenters. The fourth-order valence-corrected chi connectivity index (χ4v) is 4.22. The molecule has 10 heteroatoms. The van der Waals surface area contributed by atoms with Crippen LogP contribution in [0.1, 0.15) is 23.5 Å². The summed E-state index contributed by atoms with van der Waals surface area (Å²) in [5.74, 6) is -0.481. The zero-order chi connectivity index (χ0) is 19.1. The van der Waals surface area contributed by atoms with Gasteiger partial charge in [0, 0.05) is 25.7 Å². The third kappa shape index (κ3) is 4.07. The van der Waals surface area contributed by atoms with Gasteiger partial charge in [-0.2, -0.15) is 13.2 Å². The Morgan fingerprint density at radius 1 is 1.31 bits per heavy atom. The first-order chi connectivity index (χ1) is 12.0. The van der Waals surface area contributed by atoms with E-state index in [-0.39, 0.29) is 23.9 Å². The van der Waals surface area contributed by atoms with Gasteiger partial charge >= 0.3 is 6.18 Å². The second kappa shape index (κ2) is 6.66. The molecule has 1 aliphatic heterocycles. The van der Waals surface area contributed by atoms with Crippen LogP contribution in [-0.4, -0.2) is 24.5 Å². The first-order valence-corrected chi connectivity index (χ1v) is 9.43. The van der Waals surface area contributed by atoms with Gasteiger partial charge in [-0.15, -0.1) is 0 Å². The number of nitrogens with one attached hydrogen (secondary N) is 1. The SMILES string of the molecule is Cc1cc(F)cc(S(=O)(=O)NC[C@@H]2CCc3nc(C(F)(F)F)cn3C2)c1. The van der Waals surface area contributed by atoms with Gasteiger partial charge in [-0.05, 0) is 43.0 Å². The Labute approximate surface area is 148 Å². The van der Waals surface area contributed by atoms with E-state index in [1.165, 1.54) is 16.7 Å². The Hall–Kier alpha value is -1.94. The van der Waals surface area contributed by atoms with E-state index in [0.717, 1.165) is 12.3 Å². The number of sulfonamides is 1. The highest BCUT2D eigenvalue weighted by Crippen LogP contribution is 2.30. The quantitative estimate of drug-likeness (QED) is 0.816. The number of alkyl halides is 3. The van der Waals surface area contributed by atoms with Crippen molar-refractivity contribution < 1.29 is 26.0 Å². The average Bonchev–Trinajstić information content (AvgIpc) is 2.95. The molecular formula is C16H17F4N3O2S.